The van der Waals surface area contributed by atoms with Crippen molar-refractivity contribution in [2.45, 2.75) is 39.7 Å². The second-order valence-electron chi connectivity index (χ2n) is 7.32. The summed E-state index contributed by atoms with van der Waals surface area (Å²) < 4.78 is 0. The summed E-state index contributed by atoms with van der Waals surface area (Å²) >= 11 is 0. The number of benzene rings is 2. The van der Waals surface area contributed by atoms with Gasteiger partial charge in [0.05, 0.1) is 17.1 Å². The molecule has 0 radical (unpaired) electrons. The van der Waals surface area contributed by atoms with Gasteiger partial charge in [-0.15, -0.1) is 0 Å². The average molecular weight is 396 g/mol. The Morgan fingerprint density at radius 2 is 1.76 bits per heavy atom. The third-order valence-electron chi connectivity index (χ3n) is 5.08. The summed E-state index contributed by atoms with van der Waals surface area (Å²) in [4.78, 5) is 25.0. The van der Waals surface area contributed by atoms with Gasteiger partial charge in [-0.3, -0.25) is 4.79 Å². The molecule has 0 aliphatic carbocycles. The van der Waals surface area contributed by atoms with Crippen LogP contribution in [0.3, 0.4) is 0 Å². The van der Waals surface area contributed by atoms with Gasteiger partial charge in [0.25, 0.3) is 0 Å². The number of carboxylic acid groups (broad SMARTS) is 1. The molecule has 7 heteroatoms. The molecule has 2 aromatic carbocycles. The molecule has 0 saturated carbocycles. The van der Waals surface area contributed by atoms with Gasteiger partial charge in [0.15, 0.2) is 0 Å². The number of carbonyl (C=O) groups is 2. The van der Waals surface area contributed by atoms with Crippen LogP contribution in [0.1, 0.15) is 37.3 Å². The van der Waals surface area contributed by atoms with Gasteiger partial charge in [-0.05, 0) is 55.5 Å². The van der Waals surface area contributed by atoms with E-state index in [2.05, 4.69) is 21.7 Å². The molecule has 0 bridgehead atoms. The van der Waals surface area contributed by atoms with Crippen LogP contribution in [-0.2, 0) is 11.3 Å². The lowest BCUT2D eigenvalue weighted by Crippen LogP contribution is -2.40. The Balaban J connectivity index is 1.97. The van der Waals surface area contributed by atoms with Crippen LogP contribution in [0.4, 0.5) is 21.9 Å². The van der Waals surface area contributed by atoms with E-state index < -0.39 is 6.09 Å². The largest absolute Gasteiger partial charge is 0.464 e. The fourth-order valence-corrected chi connectivity index (χ4v) is 3.66. The first kappa shape index (κ1) is 20.5. The van der Waals surface area contributed by atoms with Crippen molar-refractivity contribution >= 4 is 29.1 Å². The smallest absolute Gasteiger partial charge is 0.423 e. The van der Waals surface area contributed by atoms with Gasteiger partial charge >= 0.3 is 6.09 Å². The molecule has 7 nitrogen and oxygen atoms in total. The fourth-order valence-electron chi connectivity index (χ4n) is 3.66. The summed E-state index contributed by atoms with van der Waals surface area (Å²) in [7, 11) is 0. The molecule has 3 rings (SSSR count). The zero-order valence-electron chi connectivity index (χ0n) is 16.9. The van der Waals surface area contributed by atoms with Crippen molar-refractivity contribution in [2.75, 3.05) is 23.0 Å². The molecule has 1 aliphatic heterocycles. The molecule has 0 spiro atoms. The van der Waals surface area contributed by atoms with E-state index in [9.17, 15) is 14.7 Å². The first-order valence-electron chi connectivity index (χ1n) is 9.93. The van der Waals surface area contributed by atoms with E-state index in [1.165, 1.54) is 13.3 Å². The molecule has 3 N–H and O–H groups in total. The van der Waals surface area contributed by atoms with Crippen molar-refractivity contribution in [1.82, 2.24) is 10.7 Å². The van der Waals surface area contributed by atoms with Gasteiger partial charge in [0, 0.05) is 26.6 Å². The van der Waals surface area contributed by atoms with Crippen LogP contribution in [0.15, 0.2) is 42.5 Å². The highest BCUT2D eigenvalue weighted by Gasteiger charge is 2.22. The van der Waals surface area contributed by atoms with Crippen LogP contribution in [0.2, 0.25) is 0 Å². The van der Waals surface area contributed by atoms with E-state index in [0.717, 1.165) is 48.4 Å². The quantitative estimate of drug-likeness (QED) is 0.644. The highest BCUT2D eigenvalue weighted by molar-refractivity contribution is 5.83. The first-order valence-corrected chi connectivity index (χ1v) is 9.93. The summed E-state index contributed by atoms with van der Waals surface area (Å²) in [5.41, 5.74) is 7.07. The number of rotatable bonds is 6. The minimum Gasteiger partial charge on any atom is -0.464 e. The Labute approximate surface area is 171 Å². The number of piperidine rings is 1. The number of amides is 2. The van der Waals surface area contributed by atoms with Crippen molar-refractivity contribution in [2.24, 2.45) is 0 Å². The van der Waals surface area contributed by atoms with Crippen LogP contribution >= 0.6 is 0 Å². The Morgan fingerprint density at radius 3 is 2.38 bits per heavy atom. The topological polar surface area (TPSA) is 84.9 Å². The van der Waals surface area contributed by atoms with Crippen molar-refractivity contribution in [1.29, 1.82) is 0 Å². The van der Waals surface area contributed by atoms with E-state index in [1.807, 2.05) is 43.3 Å². The van der Waals surface area contributed by atoms with Gasteiger partial charge in [-0.25, -0.2) is 15.2 Å². The molecule has 0 aromatic heterocycles. The molecule has 0 unspecified atom stereocenters. The van der Waals surface area contributed by atoms with Crippen molar-refractivity contribution in [3.05, 3.63) is 53.6 Å². The number of carbonyl (C=O) groups excluding carboxylic acids is 1. The van der Waals surface area contributed by atoms with Gasteiger partial charge < -0.3 is 15.3 Å². The molecule has 154 valence electrons. The Morgan fingerprint density at radius 1 is 1.07 bits per heavy atom. The molecule has 1 aliphatic rings. The molecular weight excluding hydrogens is 368 g/mol. The predicted molar refractivity (Wildman–Crippen MR) is 115 cm³/mol. The average Bonchev–Trinajstić information content (AvgIpc) is 2.71. The highest BCUT2D eigenvalue weighted by Crippen LogP contribution is 2.37. The lowest BCUT2D eigenvalue weighted by molar-refractivity contribution is -0.119. The number of nitrogens with one attached hydrogen (secondary N) is 2. The van der Waals surface area contributed by atoms with Crippen LogP contribution in [-0.4, -0.2) is 30.2 Å². The Bertz CT molecular complexity index is 861. The van der Waals surface area contributed by atoms with E-state index in [-0.39, 0.29) is 5.91 Å². The molecule has 2 aromatic rings. The maximum absolute atomic E-state index is 11.6. The van der Waals surface area contributed by atoms with Crippen molar-refractivity contribution < 1.29 is 14.7 Å². The number of hydrogen-bond acceptors (Lipinski definition) is 4. The Kier molecular flexibility index (Phi) is 6.59. The number of para-hydroxylation sites is 1. The maximum atomic E-state index is 11.6. The van der Waals surface area contributed by atoms with E-state index in [0.29, 0.717) is 12.2 Å². The second kappa shape index (κ2) is 9.32. The molecule has 0 atom stereocenters. The first-order chi connectivity index (χ1) is 14.0. The van der Waals surface area contributed by atoms with Gasteiger partial charge in [-0.2, -0.15) is 0 Å². The molecular formula is C22H28N4O3. The lowest BCUT2D eigenvalue weighted by Gasteiger charge is -2.35. The lowest BCUT2D eigenvalue weighted by atomic mass is 10.1. The molecule has 1 saturated heterocycles. The van der Waals surface area contributed by atoms with E-state index >= 15 is 0 Å². The standard InChI is InChI=1S/C22H28N4O3/c1-16-7-6-8-20(25-13-4-3-5-14-25)21(16)26(24-22(28)29)19-11-9-18(10-12-19)15-23-17(2)27/h6-12,24H,3-5,13-15H2,1-2H3,(H,23,27)(H,28,29). The number of hydrogen-bond donors (Lipinski definition) is 3. The molecule has 1 fully saturated rings. The predicted octanol–water partition coefficient (Wildman–Crippen LogP) is 3.94. The fraction of sp³-hybridized carbons (Fsp3) is 0.364. The zero-order chi connectivity index (χ0) is 20.8. The summed E-state index contributed by atoms with van der Waals surface area (Å²) in [5.74, 6) is -0.0886. The van der Waals surface area contributed by atoms with Crippen LogP contribution in [0.25, 0.3) is 0 Å². The molecule has 29 heavy (non-hydrogen) atoms. The minimum absolute atomic E-state index is 0.0886. The Hall–Kier alpha value is -3.22. The maximum Gasteiger partial charge on any atom is 0.423 e. The number of aryl methyl sites for hydroxylation is 1. The number of anilines is 3. The van der Waals surface area contributed by atoms with Gasteiger partial charge in [-0.1, -0.05) is 24.3 Å². The van der Waals surface area contributed by atoms with Gasteiger partial charge in [0.1, 0.15) is 0 Å². The summed E-state index contributed by atoms with van der Waals surface area (Å²) in [6, 6.07) is 13.6. The normalized spacial score (nSPS) is 13.7. The SMILES string of the molecule is CC(=O)NCc1ccc(N(NC(=O)O)c2c(C)cccc2N2CCCCC2)cc1. The molecule has 1 heterocycles. The van der Waals surface area contributed by atoms with Crippen molar-refractivity contribution in [3.63, 3.8) is 0 Å². The summed E-state index contributed by atoms with van der Waals surface area (Å²) in [6.45, 7) is 5.84. The summed E-state index contributed by atoms with van der Waals surface area (Å²) in [6.07, 6.45) is 2.37. The highest BCUT2D eigenvalue weighted by atomic mass is 16.4. The second-order valence-corrected chi connectivity index (χ2v) is 7.32. The van der Waals surface area contributed by atoms with E-state index in [4.69, 9.17) is 0 Å². The number of hydrazine groups is 1. The van der Waals surface area contributed by atoms with Crippen LogP contribution in [0, 0.1) is 6.92 Å². The third kappa shape index (κ3) is 5.19. The third-order valence-corrected chi connectivity index (χ3v) is 5.08. The van der Waals surface area contributed by atoms with E-state index in [1.54, 1.807) is 5.01 Å². The minimum atomic E-state index is -1.12. The zero-order valence-corrected chi connectivity index (χ0v) is 16.9. The van der Waals surface area contributed by atoms with Crippen LogP contribution < -0.4 is 20.7 Å². The molecule has 2 amide bonds. The monoisotopic (exact) mass is 396 g/mol. The van der Waals surface area contributed by atoms with Gasteiger partial charge in [0.2, 0.25) is 5.91 Å². The van der Waals surface area contributed by atoms with Crippen molar-refractivity contribution in [3.8, 4) is 0 Å². The summed E-state index contributed by atoms with van der Waals surface area (Å²) in [5, 5.41) is 13.9. The number of nitrogens with zero attached hydrogens (tertiary/aromatic N) is 2. The van der Waals surface area contributed by atoms with Crippen LogP contribution in [0.5, 0.6) is 0 Å².